The van der Waals surface area contributed by atoms with E-state index in [9.17, 15) is 4.79 Å². The molecule has 1 aromatic carbocycles. The molecule has 0 aliphatic rings. The minimum absolute atomic E-state index is 0.227. The third kappa shape index (κ3) is 3.94. The first kappa shape index (κ1) is 16.7. The number of hydrogen-bond donors (Lipinski definition) is 2. The van der Waals surface area contributed by atoms with Crippen molar-refractivity contribution in [2.75, 3.05) is 24.9 Å². The minimum atomic E-state index is -0.475. The molecular formula is C16H21N3O4. The molecule has 2 aromatic rings. The first-order chi connectivity index (χ1) is 10.9. The Balaban J connectivity index is 2.10. The number of amides is 1. The number of carbonyl (C=O) groups excluding carboxylic acids is 1. The summed E-state index contributed by atoms with van der Waals surface area (Å²) in [6.07, 6.45) is 0. The van der Waals surface area contributed by atoms with E-state index in [0.717, 1.165) is 11.3 Å². The van der Waals surface area contributed by atoms with E-state index in [1.165, 1.54) is 0 Å². The first-order valence-electron chi connectivity index (χ1n) is 7.18. The zero-order valence-corrected chi connectivity index (χ0v) is 13.9. The molecule has 1 aromatic heterocycles. The lowest BCUT2D eigenvalue weighted by molar-refractivity contribution is -0.116. The molecule has 0 spiro atoms. The maximum absolute atomic E-state index is 12.2. The summed E-state index contributed by atoms with van der Waals surface area (Å²) in [6, 6.07) is 4.84. The Morgan fingerprint density at radius 2 is 1.83 bits per heavy atom. The van der Waals surface area contributed by atoms with E-state index in [0.29, 0.717) is 23.1 Å². The Bertz CT molecular complexity index is 697. The molecule has 0 radical (unpaired) electrons. The fourth-order valence-corrected chi connectivity index (χ4v) is 2.09. The van der Waals surface area contributed by atoms with Gasteiger partial charge in [-0.2, -0.15) is 0 Å². The number of rotatable bonds is 6. The topological polar surface area (TPSA) is 85.6 Å². The molecule has 0 aliphatic heterocycles. The molecule has 2 rings (SSSR count). The normalized spacial score (nSPS) is 11.7. The van der Waals surface area contributed by atoms with Crippen molar-refractivity contribution in [3.8, 4) is 11.5 Å². The summed E-state index contributed by atoms with van der Waals surface area (Å²) in [7, 11) is 3.15. The predicted molar refractivity (Wildman–Crippen MR) is 87.2 cm³/mol. The SMILES string of the molecule is COc1cc(C)c(N[C@H](C)C(=O)Nc2cc(C)no2)cc1OC. The molecule has 1 heterocycles. The van der Waals surface area contributed by atoms with Crippen LogP contribution in [0.1, 0.15) is 18.2 Å². The van der Waals surface area contributed by atoms with Crippen LogP contribution in [0.15, 0.2) is 22.7 Å². The summed E-state index contributed by atoms with van der Waals surface area (Å²) in [5.74, 6) is 1.34. The zero-order valence-electron chi connectivity index (χ0n) is 13.9. The van der Waals surface area contributed by atoms with Gasteiger partial charge in [-0.1, -0.05) is 5.16 Å². The molecule has 2 N–H and O–H groups in total. The van der Waals surface area contributed by atoms with Gasteiger partial charge in [0.15, 0.2) is 11.5 Å². The van der Waals surface area contributed by atoms with Crippen LogP contribution in [0.3, 0.4) is 0 Å². The highest BCUT2D eigenvalue weighted by molar-refractivity contribution is 5.95. The fraction of sp³-hybridized carbons (Fsp3) is 0.375. The molecule has 0 unspecified atom stereocenters. The summed E-state index contributed by atoms with van der Waals surface area (Å²) >= 11 is 0. The molecule has 124 valence electrons. The van der Waals surface area contributed by atoms with Gasteiger partial charge in [-0.05, 0) is 32.4 Å². The lowest BCUT2D eigenvalue weighted by Gasteiger charge is -2.18. The van der Waals surface area contributed by atoms with Gasteiger partial charge in [0.1, 0.15) is 6.04 Å². The highest BCUT2D eigenvalue weighted by Crippen LogP contribution is 2.33. The second-order valence-electron chi connectivity index (χ2n) is 5.21. The zero-order chi connectivity index (χ0) is 17.0. The number of benzene rings is 1. The number of aryl methyl sites for hydroxylation is 2. The van der Waals surface area contributed by atoms with Crippen LogP contribution < -0.4 is 20.1 Å². The molecular weight excluding hydrogens is 298 g/mol. The Morgan fingerprint density at radius 3 is 2.39 bits per heavy atom. The molecule has 7 heteroatoms. The number of anilines is 2. The monoisotopic (exact) mass is 319 g/mol. The third-order valence-corrected chi connectivity index (χ3v) is 3.37. The lowest BCUT2D eigenvalue weighted by Crippen LogP contribution is -2.32. The van der Waals surface area contributed by atoms with Crippen LogP contribution in [0.2, 0.25) is 0 Å². The van der Waals surface area contributed by atoms with E-state index >= 15 is 0 Å². The van der Waals surface area contributed by atoms with Gasteiger partial charge in [-0.15, -0.1) is 0 Å². The van der Waals surface area contributed by atoms with Crippen molar-refractivity contribution in [2.24, 2.45) is 0 Å². The fourth-order valence-electron chi connectivity index (χ4n) is 2.09. The molecule has 1 amide bonds. The van der Waals surface area contributed by atoms with E-state index < -0.39 is 6.04 Å². The summed E-state index contributed by atoms with van der Waals surface area (Å²) in [6.45, 7) is 5.47. The highest BCUT2D eigenvalue weighted by atomic mass is 16.5. The first-order valence-corrected chi connectivity index (χ1v) is 7.18. The van der Waals surface area contributed by atoms with Gasteiger partial charge in [-0.3, -0.25) is 10.1 Å². The summed E-state index contributed by atoms with van der Waals surface area (Å²) < 4.78 is 15.5. The van der Waals surface area contributed by atoms with Crippen molar-refractivity contribution in [1.29, 1.82) is 0 Å². The Kier molecular flexibility index (Phi) is 5.10. The predicted octanol–water partition coefficient (Wildman–Crippen LogP) is 2.75. The van der Waals surface area contributed by atoms with Gasteiger partial charge in [-0.25, -0.2) is 0 Å². The number of ether oxygens (including phenoxy) is 2. The second-order valence-corrected chi connectivity index (χ2v) is 5.21. The standard InChI is InChI=1S/C16H21N3O4/c1-9-6-13(21-4)14(22-5)8-12(9)17-11(3)16(20)18-15-7-10(2)19-23-15/h6-8,11,17H,1-5H3,(H,18,20)/t11-/m1/s1. The molecule has 0 fully saturated rings. The summed E-state index contributed by atoms with van der Waals surface area (Å²) in [5.41, 5.74) is 2.44. The van der Waals surface area contributed by atoms with Crippen LogP contribution in [0.5, 0.6) is 11.5 Å². The number of nitrogens with zero attached hydrogens (tertiary/aromatic N) is 1. The van der Waals surface area contributed by atoms with Crippen molar-refractivity contribution >= 4 is 17.5 Å². The molecule has 0 saturated heterocycles. The Morgan fingerprint density at radius 1 is 1.17 bits per heavy atom. The maximum Gasteiger partial charge on any atom is 0.248 e. The Hall–Kier alpha value is -2.70. The number of methoxy groups -OCH3 is 2. The third-order valence-electron chi connectivity index (χ3n) is 3.37. The number of aromatic nitrogens is 1. The second kappa shape index (κ2) is 7.04. The van der Waals surface area contributed by atoms with E-state index in [-0.39, 0.29) is 5.91 Å². The van der Waals surface area contributed by atoms with Crippen LogP contribution in [0.25, 0.3) is 0 Å². The van der Waals surface area contributed by atoms with Crippen molar-refractivity contribution in [3.63, 3.8) is 0 Å². The molecule has 0 saturated carbocycles. The smallest absolute Gasteiger partial charge is 0.248 e. The van der Waals surface area contributed by atoms with Crippen molar-refractivity contribution in [1.82, 2.24) is 5.16 Å². The van der Waals surface area contributed by atoms with Crippen molar-refractivity contribution < 1.29 is 18.8 Å². The summed E-state index contributed by atoms with van der Waals surface area (Å²) in [5, 5.41) is 9.55. The number of carbonyl (C=O) groups is 1. The molecule has 0 aliphatic carbocycles. The van der Waals surface area contributed by atoms with Crippen molar-refractivity contribution in [2.45, 2.75) is 26.8 Å². The number of hydrogen-bond acceptors (Lipinski definition) is 6. The van der Waals surface area contributed by atoms with E-state index in [1.807, 2.05) is 13.0 Å². The van der Waals surface area contributed by atoms with Crippen LogP contribution in [-0.4, -0.2) is 31.3 Å². The molecule has 0 bridgehead atoms. The van der Waals surface area contributed by atoms with Crippen LogP contribution in [0.4, 0.5) is 11.6 Å². The van der Waals surface area contributed by atoms with Crippen LogP contribution in [0, 0.1) is 13.8 Å². The van der Waals surface area contributed by atoms with E-state index in [2.05, 4.69) is 15.8 Å². The van der Waals surface area contributed by atoms with E-state index in [4.69, 9.17) is 14.0 Å². The largest absolute Gasteiger partial charge is 0.493 e. The van der Waals surface area contributed by atoms with Gasteiger partial charge >= 0.3 is 0 Å². The molecule has 7 nitrogen and oxygen atoms in total. The highest BCUT2D eigenvalue weighted by Gasteiger charge is 2.17. The van der Waals surface area contributed by atoms with Crippen molar-refractivity contribution in [3.05, 3.63) is 29.5 Å². The van der Waals surface area contributed by atoms with Gasteiger partial charge in [0, 0.05) is 17.8 Å². The van der Waals surface area contributed by atoms with Crippen LogP contribution in [-0.2, 0) is 4.79 Å². The molecule has 1 atom stereocenters. The van der Waals surface area contributed by atoms with Gasteiger partial charge in [0.05, 0.1) is 19.9 Å². The number of nitrogens with one attached hydrogen (secondary N) is 2. The maximum atomic E-state index is 12.2. The lowest BCUT2D eigenvalue weighted by atomic mass is 10.1. The average molecular weight is 319 g/mol. The van der Waals surface area contributed by atoms with E-state index in [1.54, 1.807) is 40.2 Å². The van der Waals surface area contributed by atoms with Gasteiger partial charge < -0.3 is 19.3 Å². The quantitative estimate of drug-likeness (QED) is 0.851. The average Bonchev–Trinajstić information content (AvgIpc) is 2.93. The molecule has 23 heavy (non-hydrogen) atoms. The van der Waals surface area contributed by atoms with Crippen LogP contribution >= 0.6 is 0 Å². The minimum Gasteiger partial charge on any atom is -0.493 e. The van der Waals surface area contributed by atoms with Gasteiger partial charge in [0.25, 0.3) is 0 Å². The van der Waals surface area contributed by atoms with Gasteiger partial charge in [0.2, 0.25) is 11.8 Å². The summed E-state index contributed by atoms with van der Waals surface area (Å²) in [4.78, 5) is 12.2. The Labute approximate surface area is 134 Å².